The van der Waals surface area contributed by atoms with Crippen LogP contribution in [0.2, 0.25) is 0 Å². The number of nitrogens with zero attached hydrogens (tertiary/aromatic N) is 1. The van der Waals surface area contributed by atoms with Gasteiger partial charge < -0.3 is 15.4 Å². The van der Waals surface area contributed by atoms with Crippen molar-refractivity contribution in [1.82, 2.24) is 4.90 Å². The van der Waals surface area contributed by atoms with Crippen LogP contribution >= 0.6 is 0 Å². The Bertz CT molecular complexity index is 569. The molecule has 1 aliphatic heterocycles. The fourth-order valence-corrected chi connectivity index (χ4v) is 2.94. The molecular formula is C19H29N3O3. The van der Waals surface area contributed by atoms with Gasteiger partial charge in [-0.3, -0.25) is 14.5 Å². The van der Waals surface area contributed by atoms with E-state index < -0.39 is 6.10 Å². The molecule has 1 heterocycles. The number of anilines is 2. The molecule has 0 saturated carbocycles. The molecular weight excluding hydrogens is 318 g/mol. The van der Waals surface area contributed by atoms with Gasteiger partial charge in [-0.1, -0.05) is 18.9 Å². The van der Waals surface area contributed by atoms with Crippen molar-refractivity contribution in [3.8, 4) is 0 Å². The Balaban J connectivity index is 1.87. The Morgan fingerprint density at radius 1 is 1.12 bits per heavy atom. The van der Waals surface area contributed by atoms with E-state index in [2.05, 4.69) is 15.5 Å². The van der Waals surface area contributed by atoms with Gasteiger partial charge in [0.15, 0.2) is 0 Å². The number of carbonyl (C=O) groups is 2. The second-order valence-corrected chi connectivity index (χ2v) is 6.41. The molecule has 2 rings (SSSR count). The molecule has 0 radical (unpaired) electrons. The highest BCUT2D eigenvalue weighted by atomic mass is 16.5. The van der Waals surface area contributed by atoms with Crippen molar-refractivity contribution in [3.63, 3.8) is 0 Å². The summed E-state index contributed by atoms with van der Waals surface area (Å²) in [5.74, 6) is -0.219. The van der Waals surface area contributed by atoms with Gasteiger partial charge in [0.25, 0.3) is 5.91 Å². The Kier molecular flexibility index (Phi) is 7.88. The number of carbonyl (C=O) groups excluding carboxylic acids is 2. The van der Waals surface area contributed by atoms with Crippen LogP contribution in [0.15, 0.2) is 24.3 Å². The van der Waals surface area contributed by atoms with E-state index in [4.69, 9.17) is 4.74 Å². The van der Waals surface area contributed by atoms with Crippen LogP contribution in [0, 0.1) is 0 Å². The van der Waals surface area contributed by atoms with Crippen molar-refractivity contribution < 1.29 is 14.3 Å². The molecule has 1 aliphatic rings. The maximum absolute atomic E-state index is 12.3. The van der Waals surface area contributed by atoms with Crippen molar-refractivity contribution in [1.29, 1.82) is 0 Å². The first kappa shape index (κ1) is 19.4. The van der Waals surface area contributed by atoms with E-state index in [0.717, 1.165) is 25.9 Å². The summed E-state index contributed by atoms with van der Waals surface area (Å²) >= 11 is 0. The summed E-state index contributed by atoms with van der Waals surface area (Å²) in [5, 5.41) is 5.72. The second-order valence-electron chi connectivity index (χ2n) is 6.41. The van der Waals surface area contributed by atoms with E-state index in [1.165, 1.54) is 12.8 Å². The molecule has 25 heavy (non-hydrogen) atoms. The molecule has 1 aromatic rings. The first-order chi connectivity index (χ1) is 12.1. The van der Waals surface area contributed by atoms with Gasteiger partial charge in [0.2, 0.25) is 5.91 Å². The standard InChI is InChI=1S/C19H29N3O3/c1-3-25-15(2)19(24)21-17-10-8-9-16(13-17)20-18(23)14-22-11-6-4-5-7-12-22/h8-10,13,15H,3-7,11-12,14H2,1-2H3,(H,20,23)(H,21,24). The van der Waals surface area contributed by atoms with Crippen LogP contribution in [-0.4, -0.2) is 49.1 Å². The average molecular weight is 347 g/mol. The number of hydrogen-bond donors (Lipinski definition) is 2. The number of rotatable bonds is 7. The van der Waals surface area contributed by atoms with Gasteiger partial charge in [0, 0.05) is 18.0 Å². The minimum atomic E-state index is -0.508. The Labute approximate surface area is 149 Å². The first-order valence-corrected chi connectivity index (χ1v) is 9.13. The number of hydrogen-bond acceptors (Lipinski definition) is 4. The topological polar surface area (TPSA) is 70.7 Å². The van der Waals surface area contributed by atoms with Crippen LogP contribution < -0.4 is 10.6 Å². The van der Waals surface area contributed by atoms with Crippen molar-refractivity contribution in [2.24, 2.45) is 0 Å². The lowest BCUT2D eigenvalue weighted by molar-refractivity contribution is -0.126. The van der Waals surface area contributed by atoms with E-state index in [0.29, 0.717) is 24.5 Å². The summed E-state index contributed by atoms with van der Waals surface area (Å²) in [6, 6.07) is 7.18. The van der Waals surface area contributed by atoms with E-state index in [-0.39, 0.29) is 11.8 Å². The van der Waals surface area contributed by atoms with Crippen LogP contribution in [-0.2, 0) is 14.3 Å². The average Bonchev–Trinajstić information content (AvgIpc) is 2.84. The number of likely N-dealkylation sites (tertiary alicyclic amines) is 1. The Morgan fingerprint density at radius 3 is 2.40 bits per heavy atom. The van der Waals surface area contributed by atoms with Gasteiger partial charge in [-0.05, 0) is 58.0 Å². The van der Waals surface area contributed by atoms with Crippen molar-refractivity contribution in [2.75, 3.05) is 36.9 Å². The van der Waals surface area contributed by atoms with Crippen molar-refractivity contribution in [2.45, 2.75) is 45.6 Å². The number of nitrogens with one attached hydrogen (secondary N) is 2. The molecule has 138 valence electrons. The summed E-state index contributed by atoms with van der Waals surface area (Å²) in [6.07, 6.45) is 4.31. The third-order valence-electron chi connectivity index (χ3n) is 4.27. The van der Waals surface area contributed by atoms with Crippen LogP contribution in [0.3, 0.4) is 0 Å². The van der Waals surface area contributed by atoms with Gasteiger partial charge in [-0.15, -0.1) is 0 Å². The van der Waals surface area contributed by atoms with Crippen LogP contribution in [0.1, 0.15) is 39.5 Å². The predicted molar refractivity (Wildman–Crippen MR) is 99.7 cm³/mol. The van der Waals surface area contributed by atoms with Gasteiger partial charge in [0.1, 0.15) is 6.10 Å². The molecule has 6 nitrogen and oxygen atoms in total. The lowest BCUT2D eigenvalue weighted by atomic mass is 10.2. The zero-order valence-electron chi connectivity index (χ0n) is 15.2. The quantitative estimate of drug-likeness (QED) is 0.796. The van der Waals surface area contributed by atoms with Gasteiger partial charge in [-0.25, -0.2) is 0 Å². The molecule has 0 spiro atoms. The van der Waals surface area contributed by atoms with Gasteiger partial charge >= 0.3 is 0 Å². The van der Waals surface area contributed by atoms with Crippen LogP contribution in [0.5, 0.6) is 0 Å². The fourth-order valence-electron chi connectivity index (χ4n) is 2.94. The highest BCUT2D eigenvalue weighted by Gasteiger charge is 2.14. The zero-order chi connectivity index (χ0) is 18.1. The fraction of sp³-hybridized carbons (Fsp3) is 0.579. The van der Waals surface area contributed by atoms with Gasteiger partial charge in [0.05, 0.1) is 6.54 Å². The SMILES string of the molecule is CCOC(C)C(=O)Nc1cccc(NC(=O)CN2CCCCCC2)c1. The molecule has 0 aromatic heterocycles. The molecule has 6 heteroatoms. The second kappa shape index (κ2) is 10.2. The molecule has 0 aliphatic carbocycles. The lowest BCUT2D eigenvalue weighted by Gasteiger charge is -2.19. The maximum Gasteiger partial charge on any atom is 0.253 e. The Morgan fingerprint density at radius 2 is 1.76 bits per heavy atom. The molecule has 1 fully saturated rings. The minimum Gasteiger partial charge on any atom is -0.369 e. The van der Waals surface area contributed by atoms with Crippen LogP contribution in [0.25, 0.3) is 0 Å². The molecule has 0 bridgehead atoms. The van der Waals surface area contributed by atoms with E-state index in [1.54, 1.807) is 19.1 Å². The number of amides is 2. The van der Waals surface area contributed by atoms with Crippen LogP contribution in [0.4, 0.5) is 11.4 Å². The first-order valence-electron chi connectivity index (χ1n) is 9.13. The summed E-state index contributed by atoms with van der Waals surface area (Å²) in [5.41, 5.74) is 1.32. The number of benzene rings is 1. The highest BCUT2D eigenvalue weighted by Crippen LogP contribution is 2.16. The molecule has 1 saturated heterocycles. The Hall–Kier alpha value is -1.92. The minimum absolute atomic E-state index is 0.0203. The number of ether oxygens (including phenoxy) is 1. The molecule has 1 atom stereocenters. The third kappa shape index (κ3) is 6.84. The monoisotopic (exact) mass is 347 g/mol. The molecule has 1 unspecified atom stereocenters. The highest BCUT2D eigenvalue weighted by molar-refractivity contribution is 5.96. The van der Waals surface area contributed by atoms with E-state index in [1.807, 2.05) is 19.1 Å². The van der Waals surface area contributed by atoms with E-state index >= 15 is 0 Å². The summed E-state index contributed by atoms with van der Waals surface area (Å²) in [4.78, 5) is 26.5. The summed E-state index contributed by atoms with van der Waals surface area (Å²) < 4.78 is 5.28. The molecule has 2 amide bonds. The molecule has 2 N–H and O–H groups in total. The largest absolute Gasteiger partial charge is 0.369 e. The third-order valence-corrected chi connectivity index (χ3v) is 4.27. The lowest BCUT2D eigenvalue weighted by Crippen LogP contribution is -2.34. The van der Waals surface area contributed by atoms with E-state index in [9.17, 15) is 9.59 Å². The molecule has 1 aromatic carbocycles. The normalized spacial score (nSPS) is 16.7. The van der Waals surface area contributed by atoms with Crippen molar-refractivity contribution in [3.05, 3.63) is 24.3 Å². The maximum atomic E-state index is 12.3. The van der Waals surface area contributed by atoms with Gasteiger partial charge in [-0.2, -0.15) is 0 Å². The zero-order valence-corrected chi connectivity index (χ0v) is 15.2. The smallest absolute Gasteiger partial charge is 0.253 e. The summed E-state index contributed by atoms with van der Waals surface area (Å²) in [7, 11) is 0. The van der Waals surface area contributed by atoms with Crippen molar-refractivity contribution >= 4 is 23.2 Å². The summed E-state index contributed by atoms with van der Waals surface area (Å²) in [6.45, 7) is 6.44. The predicted octanol–water partition coefficient (Wildman–Crippen LogP) is 2.86.